The number of nitrogens with two attached hydrogens (primary N) is 1. The molecule has 23 heteroatoms. The minimum atomic E-state index is -5.45. The monoisotopic (exact) mass is 697 g/mol. The molecule has 19 nitrogen and oxygen atoms in total. The number of hydrogen-bond donors (Lipinski definition) is 3. The predicted molar refractivity (Wildman–Crippen MR) is 148 cm³/mol. The van der Waals surface area contributed by atoms with Gasteiger partial charge in [-0.2, -0.15) is 0 Å². The van der Waals surface area contributed by atoms with E-state index in [-0.39, 0.29) is 57.0 Å². The molecule has 0 bridgehead atoms. The van der Waals surface area contributed by atoms with Crippen molar-refractivity contribution in [1.82, 2.24) is 14.6 Å². The first-order chi connectivity index (χ1) is 20.5. The molecule has 1 fully saturated rings. The Morgan fingerprint density at radius 1 is 1.24 bits per heavy atom. The second-order valence-corrected chi connectivity index (χ2v) is 11.5. The maximum absolute atomic E-state index is 13.2. The molecule has 2 atom stereocenters. The number of ether oxygens (including phenoxy) is 1. The first kappa shape index (κ1) is 37.5. The number of carbonyl (C=O) groups is 5. The number of rotatable bonds is 13. The minimum Gasteiger partial charge on any atom is -0.731 e. The third-order valence-corrected chi connectivity index (χ3v) is 7.46. The van der Waals surface area contributed by atoms with Gasteiger partial charge in [-0.3, -0.25) is 29.3 Å². The summed E-state index contributed by atoms with van der Waals surface area (Å²) in [4.78, 5) is 81.1. The van der Waals surface area contributed by atoms with Crippen LogP contribution in [0.4, 0.5) is 10.8 Å². The number of thiazole rings is 1. The van der Waals surface area contributed by atoms with E-state index in [9.17, 15) is 47.1 Å². The van der Waals surface area contributed by atoms with Gasteiger partial charge in [0, 0.05) is 17.5 Å². The molecule has 2 aromatic rings. The number of amides is 4. The zero-order valence-corrected chi connectivity index (χ0v) is 27.8. The van der Waals surface area contributed by atoms with E-state index in [0.29, 0.717) is 5.56 Å². The normalized spacial score (nSPS) is 16.5. The van der Waals surface area contributed by atoms with Crippen LogP contribution in [0, 0.1) is 10.1 Å². The number of alkyl halides is 1. The average molecular weight is 698 g/mol. The first-order valence-corrected chi connectivity index (χ1v) is 14.6. The number of primary amides is 1. The summed E-state index contributed by atoms with van der Waals surface area (Å²) in [5, 5.41) is 20.0. The number of non-ortho nitro benzene ring substituents is 1. The number of esters is 1. The van der Waals surface area contributed by atoms with E-state index >= 15 is 0 Å². The molecule has 0 radical (unpaired) electrons. The van der Waals surface area contributed by atoms with E-state index in [1.807, 2.05) is 5.32 Å². The average Bonchev–Trinajstić information content (AvgIpc) is 3.39. The summed E-state index contributed by atoms with van der Waals surface area (Å²) in [6, 6.07) is 1.21. The van der Waals surface area contributed by atoms with Crippen LogP contribution in [-0.2, 0) is 50.5 Å². The molecule has 0 unspecified atom stereocenters. The van der Waals surface area contributed by atoms with E-state index < -0.39 is 74.1 Å². The van der Waals surface area contributed by atoms with E-state index in [4.69, 9.17) is 26.9 Å². The van der Waals surface area contributed by atoms with Crippen molar-refractivity contribution >= 4 is 79.4 Å². The number of nitrogens with one attached hydrogen (secondary N) is 2. The van der Waals surface area contributed by atoms with E-state index in [1.54, 1.807) is 0 Å². The van der Waals surface area contributed by atoms with Gasteiger partial charge in [-0.05, 0) is 31.5 Å². The number of hydrogen-bond acceptors (Lipinski definition) is 15. The Bertz CT molecular complexity index is 1650. The van der Waals surface area contributed by atoms with Gasteiger partial charge in [0.05, 0.1) is 4.92 Å². The molecule has 0 spiro atoms. The second kappa shape index (κ2) is 15.0. The quantitative estimate of drug-likeness (QED) is 0.0264. The zero-order valence-electron chi connectivity index (χ0n) is 23.4. The maximum atomic E-state index is 13.2. The van der Waals surface area contributed by atoms with Gasteiger partial charge in [-0.15, -0.1) is 22.9 Å². The van der Waals surface area contributed by atoms with E-state index in [2.05, 4.69) is 15.5 Å². The summed E-state index contributed by atoms with van der Waals surface area (Å²) < 4.78 is 38.9. The van der Waals surface area contributed by atoms with Crippen molar-refractivity contribution in [3.05, 3.63) is 51.0 Å². The number of benzene rings is 1. The molecular weight excluding hydrogens is 677 g/mol. The van der Waals surface area contributed by atoms with Crippen LogP contribution >= 0.6 is 22.9 Å². The van der Waals surface area contributed by atoms with Crippen LogP contribution in [0.5, 0.6) is 0 Å². The summed E-state index contributed by atoms with van der Waals surface area (Å²) in [5.74, 6) is -6.22. The fourth-order valence-corrected chi connectivity index (χ4v) is 4.99. The molecule has 0 aliphatic carbocycles. The Labute approximate surface area is 284 Å². The van der Waals surface area contributed by atoms with Crippen molar-refractivity contribution in [2.24, 2.45) is 10.9 Å². The summed E-state index contributed by atoms with van der Waals surface area (Å²) in [6.45, 7) is 2.12. The van der Waals surface area contributed by atoms with Gasteiger partial charge in [-0.25, -0.2) is 22.5 Å². The van der Waals surface area contributed by atoms with Crippen LogP contribution < -0.4 is 45.9 Å². The van der Waals surface area contributed by atoms with Crippen molar-refractivity contribution in [3.63, 3.8) is 0 Å². The first-order valence-electron chi connectivity index (χ1n) is 11.8. The number of halogens is 1. The molecule has 236 valence electrons. The largest absolute Gasteiger partial charge is 1.00 e. The molecule has 0 saturated carbocycles. The van der Waals surface area contributed by atoms with Crippen LogP contribution in [0.25, 0.3) is 0 Å². The Balaban J connectivity index is 0.00000705. The molecule has 4 N–H and O–H groups in total. The third kappa shape index (κ3) is 9.15. The Kier molecular flexibility index (Phi) is 12.5. The number of anilines is 1. The number of β-lactam (4-membered cyclic amide) rings is 1. The molecule has 1 aliphatic heterocycles. The number of nitrogens with zero attached hydrogens (tertiary/aromatic N) is 4. The standard InChI is InChI=1S/C22H22ClN7O12S2.Na/c1-22(2,20(35)41-8-10-3-5-11(6-4-10)30(36)37)42-28-14(12-9-43-21(25-12)26-13(31)7-23)18(33)27-15-16(17(24)32)29(19(15)34)44(38,39)40;/h3-6,9,15-16H,7-8H2,1-2H3,(H2,24,32)(H,27,33)(H,25,26,31)(H,38,39,40);/q;+1/p-1/b28-14-;/t15-,16-;/m1./s1. The van der Waals surface area contributed by atoms with Gasteiger partial charge >= 0.3 is 35.5 Å². The topological polar surface area (TPSA) is 283 Å². The smallest absolute Gasteiger partial charge is 0.731 e. The Hall–Kier alpha value is -3.73. The van der Waals surface area contributed by atoms with Gasteiger partial charge in [0.1, 0.15) is 24.2 Å². The summed E-state index contributed by atoms with van der Waals surface area (Å²) in [7, 11) is -5.45. The van der Waals surface area contributed by atoms with Gasteiger partial charge in [0.25, 0.3) is 17.5 Å². The molecule has 1 aromatic heterocycles. The molecule has 3 rings (SSSR count). The third-order valence-electron chi connectivity index (χ3n) is 5.57. The van der Waals surface area contributed by atoms with Gasteiger partial charge in [0.2, 0.25) is 17.4 Å². The molecule has 2 heterocycles. The van der Waals surface area contributed by atoms with Crippen LogP contribution in [0.1, 0.15) is 25.1 Å². The van der Waals surface area contributed by atoms with Crippen molar-refractivity contribution in [1.29, 1.82) is 0 Å². The molecule has 45 heavy (non-hydrogen) atoms. The van der Waals surface area contributed by atoms with Gasteiger partial charge in [0.15, 0.2) is 27.2 Å². The minimum absolute atomic E-state index is 0. The summed E-state index contributed by atoms with van der Waals surface area (Å²) >= 11 is 6.27. The van der Waals surface area contributed by atoms with Crippen LogP contribution in [0.2, 0.25) is 0 Å². The summed E-state index contributed by atoms with van der Waals surface area (Å²) in [6.07, 6.45) is 0. The molecule has 1 saturated heterocycles. The predicted octanol–water partition coefficient (Wildman–Crippen LogP) is -3.88. The van der Waals surface area contributed by atoms with Crippen LogP contribution in [0.15, 0.2) is 34.8 Å². The maximum Gasteiger partial charge on any atom is 1.00 e. The van der Waals surface area contributed by atoms with E-state index in [0.717, 1.165) is 11.3 Å². The SMILES string of the molecule is CC(C)(O/N=C(\C(=O)N[C@H]1C(=O)N(S(=O)(=O)[O-])[C@H]1C(N)=O)c1csc(NC(=O)CCl)n1)C(=O)OCc1ccc([N+](=O)[O-])cc1.[Na+]. The fraction of sp³-hybridized carbons (Fsp3) is 0.318. The summed E-state index contributed by atoms with van der Waals surface area (Å²) in [5.41, 5.74) is 2.47. The molecule has 1 aliphatic rings. The van der Waals surface area contributed by atoms with Crippen molar-refractivity contribution < 1.29 is 81.0 Å². The zero-order chi connectivity index (χ0) is 33.0. The van der Waals surface area contributed by atoms with Crippen LogP contribution in [0.3, 0.4) is 0 Å². The fourth-order valence-electron chi connectivity index (χ4n) is 3.37. The van der Waals surface area contributed by atoms with Gasteiger partial charge in [-0.1, -0.05) is 5.16 Å². The number of carbonyl (C=O) groups excluding carboxylic acids is 5. The number of nitro benzene ring substituents is 1. The Morgan fingerprint density at radius 2 is 1.87 bits per heavy atom. The van der Waals surface area contributed by atoms with Gasteiger partial charge < -0.3 is 30.5 Å². The number of oxime groups is 1. The number of aromatic nitrogens is 1. The number of nitro groups is 1. The molecule has 1 aromatic carbocycles. The van der Waals surface area contributed by atoms with Crippen molar-refractivity contribution in [2.75, 3.05) is 11.2 Å². The van der Waals surface area contributed by atoms with Crippen LogP contribution in [-0.4, -0.2) is 86.1 Å². The van der Waals surface area contributed by atoms with E-state index in [1.165, 1.54) is 43.5 Å². The van der Waals surface area contributed by atoms with Crippen molar-refractivity contribution in [2.45, 2.75) is 38.1 Å². The van der Waals surface area contributed by atoms with Crippen molar-refractivity contribution in [3.8, 4) is 0 Å². The second-order valence-electron chi connectivity index (χ2n) is 9.15. The molecular formula is C22H21ClN7NaO12S2. The molecule has 4 amide bonds. The Morgan fingerprint density at radius 3 is 2.40 bits per heavy atom.